The Balaban J connectivity index is 2.50. The van der Waals surface area contributed by atoms with Crippen LogP contribution in [0.3, 0.4) is 0 Å². The van der Waals surface area contributed by atoms with Crippen LogP contribution in [0, 0.1) is 0 Å². The number of quaternary nitrogens is 1. The number of methoxy groups -OCH3 is 2. The van der Waals surface area contributed by atoms with E-state index in [0.717, 1.165) is 19.6 Å². The van der Waals surface area contributed by atoms with Gasteiger partial charge < -0.3 is 19.7 Å². The van der Waals surface area contributed by atoms with Gasteiger partial charge in [0.25, 0.3) is 5.91 Å². The summed E-state index contributed by atoms with van der Waals surface area (Å²) < 4.78 is 36.8. The third-order valence-corrected chi connectivity index (χ3v) is 5.46. The molecule has 1 amide bonds. The smallest absolute Gasteiger partial charge is 0.251 e. The molecule has 0 bridgehead atoms. The number of sulfonamides is 1. The number of ether oxygens (including phenoxy) is 2. The van der Waals surface area contributed by atoms with E-state index in [0.29, 0.717) is 23.6 Å². The Morgan fingerprint density at radius 1 is 1.04 bits per heavy atom. The minimum Gasteiger partial charge on any atom is -0.497 e. The standard InChI is InChI=1S/C17H29N3O5S/c1-5-20(6-2)9-7-19-26(22,23)10-8-18-17(21)14-11-15(24-3)13-16(12-14)25-4/h11-13,19H,5-10H2,1-4H3,(H,18,21)/p+1. The summed E-state index contributed by atoms with van der Waals surface area (Å²) in [6.07, 6.45) is 0. The maximum atomic E-state index is 12.2. The van der Waals surface area contributed by atoms with Crippen molar-refractivity contribution in [3.8, 4) is 11.5 Å². The lowest BCUT2D eigenvalue weighted by atomic mass is 10.2. The van der Waals surface area contributed by atoms with Crippen LogP contribution in [0.1, 0.15) is 24.2 Å². The topological polar surface area (TPSA) is 98.2 Å². The Hall–Kier alpha value is -1.84. The van der Waals surface area contributed by atoms with Gasteiger partial charge in [0.15, 0.2) is 0 Å². The van der Waals surface area contributed by atoms with Gasteiger partial charge in [-0.05, 0) is 26.0 Å². The summed E-state index contributed by atoms with van der Waals surface area (Å²) in [4.78, 5) is 13.5. The van der Waals surface area contributed by atoms with Gasteiger partial charge in [0.1, 0.15) is 11.5 Å². The maximum Gasteiger partial charge on any atom is 0.251 e. The highest BCUT2D eigenvalue weighted by atomic mass is 32.2. The fourth-order valence-electron chi connectivity index (χ4n) is 2.40. The molecular formula is C17H30N3O5S+. The SMILES string of the molecule is CC[NH+](CC)CCNS(=O)(=O)CCNC(=O)c1cc(OC)cc(OC)c1. The molecule has 8 nitrogen and oxygen atoms in total. The van der Waals surface area contributed by atoms with Crippen molar-refractivity contribution < 1.29 is 27.6 Å². The zero-order valence-corrected chi connectivity index (χ0v) is 16.7. The number of carbonyl (C=O) groups excluding carboxylic acids is 1. The van der Waals surface area contributed by atoms with Crippen LogP contribution >= 0.6 is 0 Å². The maximum absolute atomic E-state index is 12.2. The van der Waals surface area contributed by atoms with Gasteiger partial charge in [-0.3, -0.25) is 4.79 Å². The zero-order valence-electron chi connectivity index (χ0n) is 15.9. The molecule has 0 aliphatic carbocycles. The van der Waals surface area contributed by atoms with Crippen molar-refractivity contribution in [3.63, 3.8) is 0 Å². The average Bonchev–Trinajstić information content (AvgIpc) is 2.64. The van der Waals surface area contributed by atoms with E-state index < -0.39 is 10.0 Å². The summed E-state index contributed by atoms with van der Waals surface area (Å²) in [7, 11) is -0.435. The first-order valence-electron chi connectivity index (χ1n) is 8.67. The van der Waals surface area contributed by atoms with Crippen LogP contribution in [0.15, 0.2) is 18.2 Å². The van der Waals surface area contributed by atoms with E-state index in [9.17, 15) is 13.2 Å². The predicted molar refractivity (Wildman–Crippen MR) is 101 cm³/mol. The normalized spacial score (nSPS) is 11.4. The fourth-order valence-corrected chi connectivity index (χ4v) is 3.33. The summed E-state index contributed by atoms with van der Waals surface area (Å²) >= 11 is 0. The molecule has 3 N–H and O–H groups in total. The van der Waals surface area contributed by atoms with Crippen LogP contribution in [-0.2, 0) is 10.0 Å². The Morgan fingerprint density at radius 3 is 2.12 bits per heavy atom. The molecule has 0 saturated carbocycles. The Bertz CT molecular complexity index is 653. The number of hydrogen-bond acceptors (Lipinski definition) is 5. The highest BCUT2D eigenvalue weighted by molar-refractivity contribution is 7.89. The summed E-state index contributed by atoms with van der Waals surface area (Å²) in [5, 5.41) is 2.60. The molecular weight excluding hydrogens is 358 g/mol. The van der Waals surface area contributed by atoms with Crippen LogP contribution in [0.2, 0.25) is 0 Å². The van der Waals surface area contributed by atoms with Crippen molar-refractivity contribution in [2.24, 2.45) is 0 Å². The molecule has 0 radical (unpaired) electrons. The molecule has 148 valence electrons. The highest BCUT2D eigenvalue weighted by Crippen LogP contribution is 2.22. The number of amides is 1. The first-order valence-corrected chi connectivity index (χ1v) is 10.3. The van der Waals surface area contributed by atoms with Gasteiger partial charge in [0, 0.05) is 18.2 Å². The second-order valence-corrected chi connectivity index (χ2v) is 7.70. The van der Waals surface area contributed by atoms with Crippen LogP contribution < -0.4 is 24.4 Å². The monoisotopic (exact) mass is 388 g/mol. The number of rotatable bonds is 12. The lowest BCUT2D eigenvalue weighted by Crippen LogP contribution is -3.12. The van der Waals surface area contributed by atoms with E-state index in [1.165, 1.54) is 19.1 Å². The molecule has 0 unspecified atom stereocenters. The number of benzene rings is 1. The second-order valence-electron chi connectivity index (χ2n) is 5.78. The van der Waals surface area contributed by atoms with Crippen LogP contribution in [0.25, 0.3) is 0 Å². The molecule has 0 spiro atoms. The van der Waals surface area contributed by atoms with E-state index in [4.69, 9.17) is 9.47 Å². The van der Waals surface area contributed by atoms with Crippen LogP contribution in [0.4, 0.5) is 0 Å². The van der Waals surface area contributed by atoms with Gasteiger partial charge in [-0.15, -0.1) is 0 Å². The Morgan fingerprint density at radius 2 is 1.62 bits per heavy atom. The van der Waals surface area contributed by atoms with Crippen molar-refractivity contribution in [2.45, 2.75) is 13.8 Å². The summed E-state index contributed by atoms with van der Waals surface area (Å²) in [5.41, 5.74) is 0.344. The lowest BCUT2D eigenvalue weighted by Gasteiger charge is -2.15. The zero-order chi connectivity index (χ0) is 19.6. The Labute approximate surface area is 155 Å². The molecule has 0 aromatic heterocycles. The summed E-state index contributed by atoms with van der Waals surface area (Å²) in [6, 6.07) is 4.79. The number of likely N-dealkylation sites (N-methyl/N-ethyl adjacent to an activating group) is 1. The molecule has 0 aliphatic rings. The summed E-state index contributed by atoms with van der Waals surface area (Å²) in [5.74, 6) is 0.420. The van der Waals surface area contributed by atoms with Gasteiger partial charge in [0.2, 0.25) is 10.0 Å². The second kappa shape index (κ2) is 11.0. The molecule has 0 aliphatic heterocycles. The third-order valence-electron chi connectivity index (χ3n) is 4.07. The van der Waals surface area contributed by atoms with Gasteiger partial charge in [-0.2, -0.15) is 0 Å². The van der Waals surface area contributed by atoms with E-state index >= 15 is 0 Å². The predicted octanol–water partition coefficient (Wildman–Crippen LogP) is -0.722. The van der Waals surface area contributed by atoms with Crippen molar-refractivity contribution >= 4 is 15.9 Å². The van der Waals surface area contributed by atoms with E-state index in [2.05, 4.69) is 23.9 Å². The van der Waals surface area contributed by atoms with Crippen molar-refractivity contribution in [1.29, 1.82) is 0 Å². The van der Waals surface area contributed by atoms with Crippen LogP contribution in [0.5, 0.6) is 11.5 Å². The van der Waals surface area contributed by atoms with Gasteiger partial charge in [-0.1, -0.05) is 0 Å². The van der Waals surface area contributed by atoms with Gasteiger partial charge in [0.05, 0.1) is 46.2 Å². The summed E-state index contributed by atoms with van der Waals surface area (Å²) in [6.45, 7) is 7.19. The minimum atomic E-state index is -3.42. The van der Waals surface area contributed by atoms with E-state index in [1.807, 2.05) is 0 Å². The molecule has 1 aromatic rings. The Kier molecular flexibility index (Phi) is 9.39. The van der Waals surface area contributed by atoms with Crippen molar-refractivity contribution in [3.05, 3.63) is 23.8 Å². The van der Waals surface area contributed by atoms with Crippen LogP contribution in [-0.4, -0.2) is 67.0 Å². The van der Waals surface area contributed by atoms with Crippen molar-refractivity contribution in [1.82, 2.24) is 10.0 Å². The first kappa shape index (κ1) is 22.2. The quantitative estimate of drug-likeness (QED) is 0.439. The van der Waals surface area contributed by atoms with E-state index in [-0.39, 0.29) is 18.2 Å². The molecule has 9 heteroatoms. The highest BCUT2D eigenvalue weighted by Gasteiger charge is 2.14. The first-order chi connectivity index (χ1) is 12.3. The largest absolute Gasteiger partial charge is 0.497 e. The molecule has 0 heterocycles. The minimum absolute atomic E-state index is 0.0197. The third kappa shape index (κ3) is 7.59. The molecule has 1 rings (SSSR count). The average molecular weight is 389 g/mol. The van der Waals surface area contributed by atoms with Crippen molar-refractivity contribution in [2.75, 3.05) is 52.7 Å². The van der Waals surface area contributed by atoms with Gasteiger partial charge in [-0.25, -0.2) is 13.1 Å². The number of carbonyl (C=O) groups is 1. The van der Waals surface area contributed by atoms with E-state index in [1.54, 1.807) is 18.2 Å². The van der Waals surface area contributed by atoms with Gasteiger partial charge >= 0.3 is 0 Å². The number of nitrogens with one attached hydrogen (secondary N) is 3. The fraction of sp³-hybridized carbons (Fsp3) is 0.588. The molecule has 0 fully saturated rings. The molecule has 0 atom stereocenters. The lowest BCUT2D eigenvalue weighted by molar-refractivity contribution is -0.895. The molecule has 1 aromatic carbocycles. The molecule has 26 heavy (non-hydrogen) atoms. The number of hydrogen-bond donors (Lipinski definition) is 3. The molecule has 0 saturated heterocycles.